The third kappa shape index (κ3) is 4.07. The molecule has 2 aromatic carbocycles. The van der Waals surface area contributed by atoms with Gasteiger partial charge in [-0.3, -0.25) is 4.79 Å². The van der Waals surface area contributed by atoms with Crippen molar-refractivity contribution in [1.82, 2.24) is 9.78 Å². The summed E-state index contributed by atoms with van der Waals surface area (Å²) in [6, 6.07) is 19.8. The van der Waals surface area contributed by atoms with E-state index in [2.05, 4.69) is 10.4 Å². The first-order valence-electron chi connectivity index (χ1n) is 8.60. The van der Waals surface area contributed by atoms with E-state index in [1.165, 1.54) is 16.0 Å². The van der Waals surface area contributed by atoms with Crippen molar-refractivity contribution in [3.05, 3.63) is 89.4 Å². The minimum absolute atomic E-state index is 0.268. The van der Waals surface area contributed by atoms with Crippen LogP contribution in [0.4, 0.5) is 18.9 Å². The molecule has 1 amide bonds. The number of carbonyl (C=O) groups is 1. The number of amides is 1. The monoisotopic (exact) mass is 413 g/mol. The average molecular weight is 413 g/mol. The highest BCUT2D eigenvalue weighted by molar-refractivity contribution is 7.13. The largest absolute Gasteiger partial charge is 0.435 e. The second-order valence-electron chi connectivity index (χ2n) is 6.17. The third-order valence-electron chi connectivity index (χ3n) is 4.18. The number of anilines is 1. The van der Waals surface area contributed by atoms with Crippen molar-refractivity contribution in [2.75, 3.05) is 5.32 Å². The molecule has 29 heavy (non-hydrogen) atoms. The Kier molecular flexibility index (Phi) is 4.94. The van der Waals surface area contributed by atoms with Crippen LogP contribution in [0.5, 0.6) is 0 Å². The fourth-order valence-corrected chi connectivity index (χ4v) is 3.52. The van der Waals surface area contributed by atoms with Crippen molar-refractivity contribution < 1.29 is 18.0 Å². The number of thiophene rings is 1. The lowest BCUT2D eigenvalue weighted by Gasteiger charge is -2.09. The van der Waals surface area contributed by atoms with Crippen LogP contribution < -0.4 is 5.32 Å². The van der Waals surface area contributed by atoms with Crippen molar-refractivity contribution in [3.63, 3.8) is 0 Å². The maximum absolute atomic E-state index is 13.2. The van der Waals surface area contributed by atoms with Crippen LogP contribution in [0.3, 0.4) is 0 Å². The van der Waals surface area contributed by atoms with E-state index in [4.69, 9.17) is 0 Å². The number of benzene rings is 2. The number of aromatic nitrogens is 2. The van der Waals surface area contributed by atoms with Crippen molar-refractivity contribution >= 4 is 22.9 Å². The normalized spacial score (nSPS) is 11.4. The molecule has 1 N–H and O–H groups in total. The Morgan fingerprint density at radius 3 is 2.31 bits per heavy atom. The second-order valence-corrected chi connectivity index (χ2v) is 7.12. The van der Waals surface area contributed by atoms with Crippen molar-refractivity contribution in [2.24, 2.45) is 0 Å². The first kappa shape index (κ1) is 18.9. The molecule has 0 aliphatic carbocycles. The molecule has 0 saturated heterocycles. The van der Waals surface area contributed by atoms with Gasteiger partial charge in [-0.1, -0.05) is 24.3 Å². The summed E-state index contributed by atoms with van der Waals surface area (Å²) in [6.45, 7) is 0. The molecule has 4 nitrogen and oxygen atoms in total. The van der Waals surface area contributed by atoms with Crippen molar-refractivity contribution in [3.8, 4) is 16.3 Å². The molecule has 0 saturated carbocycles. The summed E-state index contributed by atoms with van der Waals surface area (Å²) in [6.07, 6.45) is -4.54. The zero-order chi connectivity index (χ0) is 20.4. The summed E-state index contributed by atoms with van der Waals surface area (Å²) in [5.41, 5.74) is 0.902. The first-order chi connectivity index (χ1) is 13.9. The van der Waals surface area contributed by atoms with Gasteiger partial charge in [-0.25, -0.2) is 4.68 Å². The lowest BCUT2D eigenvalue weighted by Crippen LogP contribution is -2.11. The predicted molar refractivity (Wildman–Crippen MR) is 106 cm³/mol. The number of hydrogen-bond acceptors (Lipinski definition) is 3. The number of alkyl halides is 3. The van der Waals surface area contributed by atoms with Gasteiger partial charge in [0, 0.05) is 11.3 Å². The quantitative estimate of drug-likeness (QED) is 0.455. The standard InChI is InChI=1S/C21H14F3N3OS/c22-21(23,24)19-13-17(18-7-4-12-29-18)27(26-19)16-10-8-15(9-11-16)25-20(28)14-5-2-1-3-6-14/h1-13H,(H,25,28). The summed E-state index contributed by atoms with van der Waals surface area (Å²) in [5, 5.41) is 8.31. The topological polar surface area (TPSA) is 46.9 Å². The average Bonchev–Trinajstić information content (AvgIpc) is 3.38. The Hall–Kier alpha value is -3.39. The molecule has 0 bridgehead atoms. The fraction of sp³-hybridized carbons (Fsp3) is 0.0476. The van der Waals surface area contributed by atoms with Crippen LogP contribution >= 0.6 is 11.3 Å². The summed E-state index contributed by atoms with van der Waals surface area (Å²) < 4.78 is 40.8. The SMILES string of the molecule is O=C(Nc1ccc(-n2nc(C(F)(F)F)cc2-c2cccs2)cc1)c1ccccc1. The second kappa shape index (κ2) is 7.56. The number of carbonyl (C=O) groups excluding carboxylic acids is 1. The van der Waals surface area contributed by atoms with E-state index in [-0.39, 0.29) is 5.91 Å². The van der Waals surface area contributed by atoms with Gasteiger partial charge in [-0.15, -0.1) is 11.3 Å². The number of halogens is 3. The summed E-state index contributed by atoms with van der Waals surface area (Å²) in [7, 11) is 0. The van der Waals surface area contributed by atoms with Gasteiger partial charge in [-0.2, -0.15) is 18.3 Å². The Balaban J connectivity index is 1.64. The van der Waals surface area contributed by atoms with Crippen LogP contribution in [0, 0.1) is 0 Å². The summed E-state index contributed by atoms with van der Waals surface area (Å²) in [4.78, 5) is 12.9. The maximum atomic E-state index is 13.2. The predicted octanol–water partition coefficient (Wildman–Crippen LogP) is 5.87. The van der Waals surface area contributed by atoms with E-state index in [0.29, 0.717) is 27.5 Å². The van der Waals surface area contributed by atoms with E-state index in [9.17, 15) is 18.0 Å². The summed E-state index contributed by atoms with van der Waals surface area (Å²) >= 11 is 1.33. The number of nitrogens with zero attached hydrogens (tertiary/aromatic N) is 2. The minimum Gasteiger partial charge on any atom is -0.322 e. The molecule has 0 atom stereocenters. The smallest absolute Gasteiger partial charge is 0.322 e. The van der Waals surface area contributed by atoms with E-state index >= 15 is 0 Å². The number of rotatable bonds is 4. The molecule has 4 aromatic rings. The van der Waals surface area contributed by atoms with Gasteiger partial charge in [0.1, 0.15) is 0 Å². The van der Waals surface area contributed by atoms with Gasteiger partial charge in [0.25, 0.3) is 5.91 Å². The Morgan fingerprint density at radius 1 is 0.966 bits per heavy atom. The van der Waals surface area contributed by atoms with Gasteiger partial charge in [0.2, 0.25) is 0 Å². The van der Waals surface area contributed by atoms with Crippen LogP contribution in [-0.4, -0.2) is 15.7 Å². The maximum Gasteiger partial charge on any atom is 0.435 e. The van der Waals surface area contributed by atoms with Crippen LogP contribution in [0.15, 0.2) is 78.2 Å². The van der Waals surface area contributed by atoms with Crippen molar-refractivity contribution in [1.29, 1.82) is 0 Å². The highest BCUT2D eigenvalue weighted by Gasteiger charge is 2.35. The van der Waals surface area contributed by atoms with Crippen molar-refractivity contribution in [2.45, 2.75) is 6.18 Å². The molecule has 2 aromatic heterocycles. The molecule has 0 radical (unpaired) electrons. The molecule has 0 aliphatic rings. The zero-order valence-corrected chi connectivity index (χ0v) is 15.7. The van der Waals surface area contributed by atoms with Crippen LogP contribution in [-0.2, 0) is 6.18 Å². The number of hydrogen-bond donors (Lipinski definition) is 1. The number of nitrogens with one attached hydrogen (secondary N) is 1. The minimum atomic E-state index is -4.54. The molecule has 146 valence electrons. The lowest BCUT2D eigenvalue weighted by molar-refractivity contribution is -0.141. The zero-order valence-electron chi connectivity index (χ0n) is 14.9. The Labute approximate surface area is 168 Å². The molecule has 0 fully saturated rings. The highest BCUT2D eigenvalue weighted by Crippen LogP contribution is 2.34. The van der Waals surface area contributed by atoms with Gasteiger partial charge < -0.3 is 5.32 Å². The van der Waals surface area contributed by atoms with Gasteiger partial charge >= 0.3 is 6.18 Å². The lowest BCUT2D eigenvalue weighted by atomic mass is 10.2. The first-order valence-corrected chi connectivity index (χ1v) is 9.48. The molecule has 8 heteroatoms. The summed E-state index contributed by atoms with van der Waals surface area (Å²) in [5.74, 6) is -0.268. The van der Waals surface area contributed by atoms with Gasteiger partial charge in [0.15, 0.2) is 5.69 Å². The van der Waals surface area contributed by atoms with Gasteiger partial charge in [-0.05, 0) is 53.9 Å². The fourth-order valence-electron chi connectivity index (χ4n) is 2.80. The molecular formula is C21H14F3N3OS. The molecule has 4 rings (SSSR count). The molecule has 0 spiro atoms. The van der Waals surface area contributed by atoms with E-state index in [1.807, 2.05) is 6.07 Å². The van der Waals surface area contributed by atoms with E-state index < -0.39 is 11.9 Å². The molecule has 0 unspecified atom stereocenters. The van der Waals surface area contributed by atoms with E-state index in [0.717, 1.165) is 6.07 Å². The Morgan fingerprint density at radius 2 is 1.69 bits per heavy atom. The van der Waals surface area contributed by atoms with Gasteiger partial charge in [0.05, 0.1) is 16.3 Å². The van der Waals surface area contributed by atoms with E-state index in [1.54, 1.807) is 66.0 Å². The molecule has 2 heterocycles. The van der Waals surface area contributed by atoms with Crippen LogP contribution in [0.2, 0.25) is 0 Å². The third-order valence-corrected chi connectivity index (χ3v) is 5.07. The van der Waals surface area contributed by atoms with Crippen LogP contribution in [0.25, 0.3) is 16.3 Å². The Bertz CT molecular complexity index is 1120. The van der Waals surface area contributed by atoms with Crippen LogP contribution in [0.1, 0.15) is 16.1 Å². The molecular weight excluding hydrogens is 399 g/mol. The molecule has 0 aliphatic heterocycles. The highest BCUT2D eigenvalue weighted by atomic mass is 32.1.